The smallest absolute Gasteiger partial charge is 0.325 e. The van der Waals surface area contributed by atoms with Gasteiger partial charge in [-0.2, -0.15) is 5.26 Å². The third-order valence-electron chi connectivity index (χ3n) is 6.84. The molecule has 2 aliphatic heterocycles. The van der Waals surface area contributed by atoms with E-state index >= 15 is 0 Å². The van der Waals surface area contributed by atoms with Crippen molar-refractivity contribution in [3.63, 3.8) is 0 Å². The molecule has 0 unspecified atom stereocenters. The number of carbonyl (C=O) groups is 2. The van der Waals surface area contributed by atoms with E-state index < -0.39 is 5.54 Å². The SMILES string of the molecule is CC[C@@]1(C)NC(=O)N(C2CC(Oc3ccc(C#N)c4c3C3(CC3)CO4)C2)C1=O. The molecule has 2 aliphatic carbocycles. The maximum Gasteiger partial charge on any atom is 0.325 e. The van der Waals surface area contributed by atoms with E-state index in [1.165, 1.54) is 4.90 Å². The molecule has 4 aliphatic rings. The van der Waals surface area contributed by atoms with Crippen LogP contribution in [0.1, 0.15) is 57.1 Å². The molecular weight excluding hydrogens is 358 g/mol. The summed E-state index contributed by atoms with van der Waals surface area (Å²) in [5, 5.41) is 12.2. The number of urea groups is 1. The lowest BCUT2D eigenvalue weighted by Gasteiger charge is -2.40. The van der Waals surface area contributed by atoms with Gasteiger partial charge < -0.3 is 14.8 Å². The summed E-state index contributed by atoms with van der Waals surface area (Å²) in [4.78, 5) is 26.3. The van der Waals surface area contributed by atoms with Crippen molar-refractivity contribution in [1.82, 2.24) is 10.2 Å². The Morgan fingerprint density at radius 1 is 1.36 bits per heavy atom. The molecule has 7 heteroatoms. The van der Waals surface area contributed by atoms with Gasteiger partial charge in [0.05, 0.1) is 12.2 Å². The molecule has 0 bridgehead atoms. The quantitative estimate of drug-likeness (QED) is 0.810. The lowest BCUT2D eigenvalue weighted by atomic mass is 9.86. The molecule has 1 aromatic rings. The van der Waals surface area contributed by atoms with Gasteiger partial charge in [-0.1, -0.05) is 6.92 Å². The molecule has 2 heterocycles. The molecule has 1 spiro atoms. The molecule has 28 heavy (non-hydrogen) atoms. The van der Waals surface area contributed by atoms with E-state index in [-0.39, 0.29) is 29.5 Å². The van der Waals surface area contributed by atoms with Crippen molar-refractivity contribution in [2.75, 3.05) is 6.61 Å². The Kier molecular flexibility index (Phi) is 3.49. The van der Waals surface area contributed by atoms with Crippen molar-refractivity contribution in [2.45, 2.75) is 69.1 Å². The van der Waals surface area contributed by atoms with Gasteiger partial charge in [0.25, 0.3) is 5.91 Å². The number of hydrogen-bond acceptors (Lipinski definition) is 5. The number of rotatable bonds is 4. The number of ether oxygens (including phenoxy) is 2. The fraction of sp³-hybridized carbons (Fsp3) is 0.571. The first-order valence-electron chi connectivity index (χ1n) is 9.93. The van der Waals surface area contributed by atoms with Crippen LogP contribution in [0.4, 0.5) is 4.79 Å². The molecular formula is C21H23N3O4. The van der Waals surface area contributed by atoms with Crippen LogP contribution >= 0.6 is 0 Å². The molecule has 1 aromatic carbocycles. The molecule has 1 saturated heterocycles. The molecule has 1 atom stereocenters. The van der Waals surface area contributed by atoms with Gasteiger partial charge in [-0.25, -0.2) is 4.79 Å². The van der Waals surface area contributed by atoms with E-state index in [2.05, 4.69) is 11.4 Å². The second kappa shape index (κ2) is 5.63. The van der Waals surface area contributed by atoms with E-state index in [0.717, 1.165) is 24.2 Å². The highest BCUT2D eigenvalue weighted by Gasteiger charge is 2.55. The van der Waals surface area contributed by atoms with E-state index in [9.17, 15) is 14.9 Å². The highest BCUT2D eigenvalue weighted by Crippen LogP contribution is 2.59. The Morgan fingerprint density at radius 2 is 2.11 bits per heavy atom. The number of amides is 3. The van der Waals surface area contributed by atoms with Crippen molar-refractivity contribution < 1.29 is 19.1 Å². The summed E-state index contributed by atoms with van der Waals surface area (Å²) in [5.74, 6) is 1.30. The summed E-state index contributed by atoms with van der Waals surface area (Å²) in [6.45, 7) is 4.29. The van der Waals surface area contributed by atoms with E-state index in [1.807, 2.05) is 13.0 Å². The Morgan fingerprint density at radius 3 is 2.71 bits per heavy atom. The second-order valence-electron chi connectivity index (χ2n) is 8.65. The summed E-state index contributed by atoms with van der Waals surface area (Å²) in [7, 11) is 0. The van der Waals surface area contributed by atoms with Gasteiger partial charge in [-0.05, 0) is 38.3 Å². The van der Waals surface area contributed by atoms with Crippen LogP contribution in [0.2, 0.25) is 0 Å². The predicted octanol–water partition coefficient (Wildman–Crippen LogP) is 2.61. The van der Waals surface area contributed by atoms with Crippen LogP contribution in [0.15, 0.2) is 12.1 Å². The summed E-state index contributed by atoms with van der Waals surface area (Å²) >= 11 is 0. The zero-order chi connectivity index (χ0) is 19.7. The molecule has 0 aromatic heterocycles. The second-order valence-corrected chi connectivity index (χ2v) is 8.65. The third kappa shape index (κ3) is 2.27. The number of nitrogens with zero attached hydrogens (tertiary/aromatic N) is 2. The van der Waals surface area contributed by atoms with Crippen LogP contribution in [0.25, 0.3) is 0 Å². The summed E-state index contributed by atoms with van der Waals surface area (Å²) in [5.41, 5.74) is 0.792. The Labute approximate surface area is 163 Å². The zero-order valence-electron chi connectivity index (χ0n) is 16.1. The van der Waals surface area contributed by atoms with Crippen molar-refractivity contribution in [1.29, 1.82) is 5.26 Å². The Hall–Kier alpha value is -2.75. The number of imide groups is 1. The summed E-state index contributed by atoms with van der Waals surface area (Å²) in [6.07, 6.45) is 3.88. The van der Waals surface area contributed by atoms with Gasteiger partial charge in [-0.15, -0.1) is 0 Å². The Bertz CT molecular complexity index is 926. The van der Waals surface area contributed by atoms with Crippen LogP contribution in [0.3, 0.4) is 0 Å². The fourth-order valence-corrected chi connectivity index (χ4v) is 4.53. The highest BCUT2D eigenvalue weighted by molar-refractivity contribution is 6.07. The molecule has 3 amide bonds. The molecule has 2 saturated carbocycles. The molecule has 0 radical (unpaired) electrons. The number of nitriles is 1. The van der Waals surface area contributed by atoms with Gasteiger partial charge in [0.15, 0.2) is 0 Å². The minimum absolute atomic E-state index is 0.00835. The van der Waals surface area contributed by atoms with Crippen LogP contribution in [0, 0.1) is 11.3 Å². The first-order chi connectivity index (χ1) is 13.4. The maximum absolute atomic E-state index is 12.6. The molecule has 146 valence electrons. The zero-order valence-corrected chi connectivity index (χ0v) is 16.1. The topological polar surface area (TPSA) is 91.7 Å². The number of hydrogen-bond donors (Lipinski definition) is 1. The largest absolute Gasteiger partial charge is 0.491 e. The van der Waals surface area contributed by atoms with Crippen molar-refractivity contribution in [2.24, 2.45) is 0 Å². The summed E-state index contributed by atoms with van der Waals surface area (Å²) in [6, 6.07) is 5.38. The number of nitrogens with one attached hydrogen (secondary N) is 1. The lowest BCUT2D eigenvalue weighted by Crippen LogP contribution is -2.52. The third-order valence-corrected chi connectivity index (χ3v) is 6.84. The minimum atomic E-state index is -0.799. The van der Waals surface area contributed by atoms with Crippen molar-refractivity contribution >= 4 is 11.9 Å². The molecule has 7 nitrogen and oxygen atoms in total. The van der Waals surface area contributed by atoms with E-state index in [0.29, 0.717) is 37.2 Å². The first kappa shape index (κ1) is 17.4. The normalized spacial score (nSPS) is 31.7. The summed E-state index contributed by atoms with van der Waals surface area (Å²) < 4.78 is 12.1. The van der Waals surface area contributed by atoms with Crippen molar-refractivity contribution in [3.8, 4) is 17.6 Å². The van der Waals surface area contributed by atoms with Gasteiger partial charge in [0.1, 0.15) is 29.2 Å². The van der Waals surface area contributed by atoms with Crippen LogP contribution in [-0.2, 0) is 10.2 Å². The average molecular weight is 381 g/mol. The van der Waals surface area contributed by atoms with Gasteiger partial charge >= 0.3 is 6.03 Å². The Balaban J connectivity index is 1.31. The standard InChI is InChI=1S/C21H23N3O4/c1-3-20(2)18(25)24(19(26)23-20)13-8-14(9-13)28-15-5-4-12(10-22)17-16(15)21(6-7-21)11-27-17/h4-5,13-14H,3,6-9,11H2,1-2H3,(H,23,26)/t13?,14?,20-/m1/s1. The number of carbonyl (C=O) groups excluding carboxylic acids is 2. The minimum Gasteiger partial charge on any atom is -0.491 e. The number of benzene rings is 1. The van der Waals surface area contributed by atoms with Gasteiger partial charge in [0, 0.05) is 29.9 Å². The predicted molar refractivity (Wildman–Crippen MR) is 99.1 cm³/mol. The maximum atomic E-state index is 12.6. The van der Waals surface area contributed by atoms with E-state index in [1.54, 1.807) is 13.0 Å². The average Bonchev–Trinajstić information content (AvgIpc) is 3.27. The number of fused-ring (bicyclic) bond motifs is 2. The van der Waals surface area contributed by atoms with Gasteiger partial charge in [0.2, 0.25) is 0 Å². The fourth-order valence-electron chi connectivity index (χ4n) is 4.53. The van der Waals surface area contributed by atoms with Crippen LogP contribution in [0.5, 0.6) is 11.5 Å². The van der Waals surface area contributed by atoms with Crippen molar-refractivity contribution in [3.05, 3.63) is 23.3 Å². The highest BCUT2D eigenvalue weighted by atomic mass is 16.5. The van der Waals surface area contributed by atoms with E-state index in [4.69, 9.17) is 9.47 Å². The van der Waals surface area contributed by atoms with Crippen LogP contribution < -0.4 is 14.8 Å². The first-order valence-corrected chi connectivity index (χ1v) is 9.93. The van der Waals surface area contributed by atoms with Gasteiger partial charge in [-0.3, -0.25) is 9.69 Å². The lowest BCUT2D eigenvalue weighted by molar-refractivity contribution is -0.135. The monoisotopic (exact) mass is 381 g/mol. The molecule has 5 rings (SSSR count). The van der Waals surface area contributed by atoms with Crippen LogP contribution in [-0.4, -0.2) is 41.1 Å². The molecule has 3 fully saturated rings. The molecule has 1 N–H and O–H groups in total.